The second-order valence-corrected chi connectivity index (χ2v) is 12.1. The van der Waals surface area contributed by atoms with Crippen LogP contribution >= 0.6 is 34.5 Å². The molecule has 2 heterocycles. The smallest absolute Gasteiger partial charge is 0.445 e. The summed E-state index contributed by atoms with van der Waals surface area (Å²) in [5.41, 5.74) is -0.914. The molecular weight excluding hydrogens is 748 g/mol. The number of rotatable bonds is 11. The molecule has 1 amide bonds. The molecule has 11 nitrogen and oxygen atoms in total. The Morgan fingerprint density at radius 2 is 1.72 bits per heavy atom. The number of esters is 1. The van der Waals surface area contributed by atoms with Crippen molar-refractivity contribution in [2.75, 3.05) is 18.1 Å². The van der Waals surface area contributed by atoms with Crippen LogP contribution in [0.3, 0.4) is 0 Å². The molecule has 272 valence electrons. The molecule has 0 radical (unpaired) electrons. The van der Waals surface area contributed by atoms with E-state index in [1.54, 1.807) is 20.8 Å². The minimum atomic E-state index is -4.61. The van der Waals surface area contributed by atoms with Crippen molar-refractivity contribution in [3.63, 3.8) is 0 Å². The van der Waals surface area contributed by atoms with Gasteiger partial charge in [-0.15, -0.1) is 21.8 Å². The zero-order valence-corrected chi connectivity index (χ0v) is 28.7. The number of aromatic nitrogens is 5. The van der Waals surface area contributed by atoms with E-state index in [9.17, 15) is 45.1 Å². The summed E-state index contributed by atoms with van der Waals surface area (Å²) >= 11 is 12.1. The minimum Gasteiger partial charge on any atom is -0.465 e. The molecule has 2 aromatic heterocycles. The van der Waals surface area contributed by atoms with E-state index >= 15 is 0 Å². The maximum Gasteiger partial charge on any atom is 0.445 e. The van der Waals surface area contributed by atoms with E-state index in [4.69, 9.17) is 32.7 Å². The first kappa shape index (κ1) is 40.2. The summed E-state index contributed by atoms with van der Waals surface area (Å²) < 4.78 is 101. The van der Waals surface area contributed by atoms with Crippen LogP contribution in [0.15, 0.2) is 41.2 Å². The van der Waals surface area contributed by atoms with Crippen LogP contribution in [0.25, 0.3) is 5.69 Å². The number of hydrogen-bond donors (Lipinski definition) is 0. The summed E-state index contributed by atoms with van der Waals surface area (Å²) in [7, 11) is 0. The van der Waals surface area contributed by atoms with Crippen molar-refractivity contribution in [1.29, 1.82) is 0 Å². The van der Waals surface area contributed by atoms with Crippen molar-refractivity contribution >= 4 is 52.1 Å². The molecule has 0 N–H and O–H groups in total. The topological polar surface area (TPSA) is 121 Å². The van der Waals surface area contributed by atoms with Crippen LogP contribution in [-0.2, 0) is 26.9 Å². The van der Waals surface area contributed by atoms with Gasteiger partial charge >= 0.3 is 24.4 Å². The normalized spacial score (nSPS) is 12.1. The highest BCUT2D eigenvalue weighted by atomic mass is 35.5. The minimum absolute atomic E-state index is 0.0424. The van der Waals surface area contributed by atoms with E-state index in [0.717, 1.165) is 12.1 Å². The second kappa shape index (κ2) is 17.1. The fourth-order valence-corrected chi connectivity index (χ4v) is 5.19. The lowest BCUT2D eigenvalue weighted by Gasteiger charge is -2.26. The number of amides is 1. The Kier molecular flexibility index (Phi) is 13.8. The average Bonchev–Trinajstić information content (AvgIpc) is 3.63. The first-order valence-electron chi connectivity index (χ1n) is 14.2. The molecule has 0 aliphatic rings. The van der Waals surface area contributed by atoms with Gasteiger partial charge in [-0.2, -0.15) is 26.6 Å². The van der Waals surface area contributed by atoms with Gasteiger partial charge < -0.3 is 14.4 Å². The number of anilines is 1. The number of halogens is 9. The standard InChI is InChI=1S/C15H14Cl2F3N3O3.C14H13F4N3O2S/c1-3-26-13(24)10(17)4-8-5-12(11(18)6-9(8)16)23-15(25)22(14(19)20)7(2)21-23;1-8(2)21(10-5-3-9(15)4-6-10)11(22)7-23-13-20-19-12(24-13)14(16,17)18/h5-6,10,14H,3-4H2,1-2H3;3-6,8H,7H2,1-2H3. The molecule has 0 aliphatic heterocycles. The number of nitrogens with zero attached hydrogens (tertiary/aromatic N) is 6. The Hall–Kier alpha value is -4.23. The summed E-state index contributed by atoms with van der Waals surface area (Å²) in [4.78, 5) is 37.4. The largest absolute Gasteiger partial charge is 0.465 e. The summed E-state index contributed by atoms with van der Waals surface area (Å²) in [5, 5.41) is 7.24. The van der Waals surface area contributed by atoms with E-state index in [1.807, 2.05) is 0 Å². The SMILES string of the molecule is CC(C)N(C(=O)COc1nnc(C(F)(F)F)s1)c1ccc(F)cc1.CCOC(=O)C(Cl)Cc1cc(-n2nc(C)n(C(F)F)c2=O)c(F)cc1Cl. The van der Waals surface area contributed by atoms with Crippen LogP contribution in [0.5, 0.6) is 5.19 Å². The first-order chi connectivity index (χ1) is 23.3. The molecule has 50 heavy (non-hydrogen) atoms. The average molecular weight is 776 g/mol. The molecule has 0 aliphatic carbocycles. The first-order valence-corrected chi connectivity index (χ1v) is 15.8. The summed E-state index contributed by atoms with van der Waals surface area (Å²) in [6.07, 6.45) is -4.73. The van der Waals surface area contributed by atoms with Crippen molar-refractivity contribution in [1.82, 2.24) is 24.5 Å². The maximum absolute atomic E-state index is 14.2. The number of carbonyl (C=O) groups is 2. The Labute approximate surface area is 293 Å². The van der Waals surface area contributed by atoms with Gasteiger partial charge in [0.05, 0.1) is 6.61 Å². The molecule has 2 aromatic carbocycles. The van der Waals surface area contributed by atoms with Gasteiger partial charge in [-0.25, -0.2) is 18.1 Å². The Morgan fingerprint density at radius 1 is 1.08 bits per heavy atom. The van der Waals surface area contributed by atoms with Gasteiger partial charge in [-0.05, 0) is 69.7 Å². The van der Waals surface area contributed by atoms with E-state index in [1.165, 1.54) is 36.1 Å². The molecule has 0 fully saturated rings. The van der Waals surface area contributed by atoms with E-state index in [2.05, 4.69) is 15.3 Å². The molecule has 1 unspecified atom stereocenters. The Morgan fingerprint density at radius 3 is 2.24 bits per heavy atom. The van der Waals surface area contributed by atoms with E-state index in [0.29, 0.717) is 10.4 Å². The summed E-state index contributed by atoms with van der Waals surface area (Å²) in [5.74, 6) is -2.86. The number of alkyl halides is 6. The highest BCUT2D eigenvalue weighted by molar-refractivity contribution is 7.13. The predicted molar refractivity (Wildman–Crippen MR) is 168 cm³/mol. The van der Waals surface area contributed by atoms with Gasteiger partial charge in [0.2, 0.25) is 5.01 Å². The van der Waals surface area contributed by atoms with Gasteiger partial charge in [0.25, 0.3) is 11.1 Å². The van der Waals surface area contributed by atoms with Crippen LogP contribution < -0.4 is 15.3 Å². The van der Waals surface area contributed by atoms with Gasteiger partial charge in [-0.1, -0.05) is 28.0 Å². The molecule has 4 aromatic rings. The molecule has 21 heteroatoms. The fraction of sp³-hybridized carbons (Fsp3) is 0.379. The summed E-state index contributed by atoms with van der Waals surface area (Å²) in [6, 6.07) is 7.05. The van der Waals surface area contributed by atoms with Gasteiger partial charge in [-0.3, -0.25) is 9.59 Å². The van der Waals surface area contributed by atoms with Gasteiger partial charge in [0.15, 0.2) is 12.4 Å². The maximum atomic E-state index is 14.2. The lowest BCUT2D eigenvalue weighted by molar-refractivity contribution is -0.142. The Balaban J connectivity index is 0.000000271. The number of benzene rings is 2. The molecule has 4 rings (SSSR count). The third kappa shape index (κ3) is 10.2. The molecule has 1 atom stereocenters. The van der Waals surface area contributed by atoms with Crippen LogP contribution in [-0.4, -0.2) is 61.1 Å². The third-order valence-corrected chi connectivity index (χ3v) is 7.88. The van der Waals surface area contributed by atoms with Crippen molar-refractivity contribution < 1.29 is 49.8 Å². The molecule has 0 bridgehead atoms. The van der Waals surface area contributed by atoms with Crippen molar-refractivity contribution in [3.8, 4) is 10.9 Å². The molecule has 0 spiro atoms. The Bertz CT molecular complexity index is 1850. The lowest BCUT2D eigenvalue weighted by Crippen LogP contribution is -2.40. The van der Waals surface area contributed by atoms with Crippen LogP contribution in [0.1, 0.15) is 43.7 Å². The highest BCUT2D eigenvalue weighted by Crippen LogP contribution is 2.34. The molecule has 0 saturated heterocycles. The zero-order chi connectivity index (χ0) is 37.5. The monoisotopic (exact) mass is 774 g/mol. The van der Waals surface area contributed by atoms with Crippen molar-refractivity contribution in [3.05, 3.63) is 79.9 Å². The third-order valence-electron chi connectivity index (χ3n) is 6.32. The van der Waals surface area contributed by atoms with Crippen LogP contribution in [0, 0.1) is 18.6 Å². The number of aryl methyl sites for hydroxylation is 1. The predicted octanol–water partition coefficient (Wildman–Crippen LogP) is 6.76. The van der Waals surface area contributed by atoms with Gasteiger partial charge in [0, 0.05) is 23.2 Å². The summed E-state index contributed by atoms with van der Waals surface area (Å²) in [6.45, 7) is 2.78. The van der Waals surface area contributed by atoms with Crippen LogP contribution in [0.2, 0.25) is 5.02 Å². The van der Waals surface area contributed by atoms with E-state index < -0.39 is 58.9 Å². The fourth-order valence-electron chi connectivity index (χ4n) is 4.17. The number of ether oxygens (including phenoxy) is 2. The lowest BCUT2D eigenvalue weighted by atomic mass is 10.1. The second-order valence-electron chi connectivity index (χ2n) is 10.2. The molecule has 0 saturated carbocycles. The molecular formula is C29H27Cl2F7N6O5S. The van der Waals surface area contributed by atoms with Crippen molar-refractivity contribution in [2.24, 2.45) is 0 Å². The van der Waals surface area contributed by atoms with E-state index in [-0.39, 0.29) is 62.3 Å². The number of hydrogen-bond acceptors (Lipinski definition) is 9. The number of carbonyl (C=O) groups excluding carboxylic acids is 2. The van der Waals surface area contributed by atoms with Crippen molar-refractivity contribution in [2.45, 2.75) is 58.3 Å². The zero-order valence-electron chi connectivity index (χ0n) is 26.4. The van der Waals surface area contributed by atoms with Gasteiger partial charge in [0.1, 0.15) is 22.7 Å². The van der Waals surface area contributed by atoms with Crippen LogP contribution in [0.4, 0.5) is 36.4 Å². The quantitative estimate of drug-likeness (QED) is 0.0932. The highest BCUT2D eigenvalue weighted by Gasteiger charge is 2.36.